The zero-order chi connectivity index (χ0) is 16.0. The molecule has 5 N–H and O–H groups in total. The van der Waals surface area contributed by atoms with Crippen molar-refractivity contribution in [2.45, 2.75) is 26.4 Å². The van der Waals surface area contributed by atoms with Gasteiger partial charge in [0.05, 0.1) is 0 Å². The van der Waals surface area contributed by atoms with Crippen molar-refractivity contribution in [1.29, 1.82) is 5.41 Å². The molecule has 0 aliphatic heterocycles. The first-order valence-corrected chi connectivity index (χ1v) is 6.24. The lowest BCUT2D eigenvalue weighted by molar-refractivity contribution is 0.0549. The third-order valence-corrected chi connectivity index (χ3v) is 2.15. The average molecular weight is 294 g/mol. The van der Waals surface area contributed by atoms with Gasteiger partial charge in [0.25, 0.3) is 0 Å². The minimum atomic E-state index is -0.718. The minimum Gasteiger partial charge on any atom is -0.444 e. The van der Waals surface area contributed by atoms with Crippen molar-refractivity contribution in [3.05, 3.63) is 42.0 Å². The number of nitrogens with one attached hydrogen (secondary N) is 3. The lowest BCUT2D eigenvalue weighted by Crippen LogP contribution is -2.36. The van der Waals surface area contributed by atoms with Gasteiger partial charge in [0.1, 0.15) is 23.0 Å². The number of amidine groups is 1. The average Bonchev–Trinajstić information content (AvgIpc) is 2.33. The number of carbonyl (C=O) groups is 1. The minimum absolute atomic E-state index is 0.0496. The van der Waals surface area contributed by atoms with E-state index < -0.39 is 11.7 Å². The second-order valence-electron chi connectivity index (χ2n) is 5.25. The van der Waals surface area contributed by atoms with Crippen LogP contribution in [0.1, 0.15) is 20.8 Å². The van der Waals surface area contributed by atoms with Crippen molar-refractivity contribution < 1.29 is 13.9 Å². The van der Waals surface area contributed by atoms with Crippen molar-refractivity contribution in [2.75, 3.05) is 5.32 Å². The molecule has 6 nitrogen and oxygen atoms in total. The number of hydrogen-bond donors (Lipinski definition) is 4. The van der Waals surface area contributed by atoms with Crippen molar-refractivity contribution >= 4 is 17.6 Å². The topological polar surface area (TPSA) is 100 Å². The van der Waals surface area contributed by atoms with Gasteiger partial charge in [-0.1, -0.05) is 0 Å². The maximum absolute atomic E-state index is 12.8. The Morgan fingerprint density at radius 1 is 1.33 bits per heavy atom. The fraction of sp³-hybridized carbons (Fsp3) is 0.286. The normalized spacial score (nSPS) is 11.7. The van der Waals surface area contributed by atoms with Crippen LogP contribution in [-0.4, -0.2) is 17.5 Å². The van der Waals surface area contributed by atoms with Crippen molar-refractivity contribution in [2.24, 2.45) is 5.73 Å². The van der Waals surface area contributed by atoms with Gasteiger partial charge in [0, 0.05) is 11.9 Å². The number of ether oxygens (including phenoxy) is 1. The molecule has 1 amide bonds. The van der Waals surface area contributed by atoms with Crippen molar-refractivity contribution in [3.8, 4) is 0 Å². The van der Waals surface area contributed by atoms with E-state index in [1.54, 1.807) is 20.8 Å². The molecule has 0 heterocycles. The smallest absolute Gasteiger partial charge is 0.412 e. The van der Waals surface area contributed by atoms with Gasteiger partial charge in [-0.3, -0.25) is 10.7 Å². The Balaban J connectivity index is 2.73. The molecule has 0 bridgehead atoms. The molecular weight excluding hydrogens is 275 g/mol. The molecule has 0 radical (unpaired) electrons. The van der Waals surface area contributed by atoms with Gasteiger partial charge >= 0.3 is 6.09 Å². The van der Waals surface area contributed by atoms with Crippen LogP contribution >= 0.6 is 0 Å². The highest BCUT2D eigenvalue weighted by atomic mass is 19.1. The highest BCUT2D eigenvalue weighted by Crippen LogP contribution is 2.09. The molecule has 1 aromatic carbocycles. The van der Waals surface area contributed by atoms with Crippen molar-refractivity contribution in [1.82, 2.24) is 5.32 Å². The molecule has 0 aliphatic carbocycles. The van der Waals surface area contributed by atoms with E-state index in [4.69, 9.17) is 15.9 Å². The maximum Gasteiger partial charge on any atom is 0.412 e. The Morgan fingerprint density at radius 2 is 1.90 bits per heavy atom. The summed E-state index contributed by atoms with van der Waals surface area (Å²) in [7, 11) is 0. The molecule has 0 atom stereocenters. The van der Waals surface area contributed by atoms with Crippen LogP contribution in [0, 0.1) is 11.2 Å². The van der Waals surface area contributed by atoms with Gasteiger partial charge in [-0.05, 0) is 45.0 Å². The summed E-state index contributed by atoms with van der Waals surface area (Å²) in [5.41, 5.74) is 5.36. The van der Waals surface area contributed by atoms with Crippen LogP contribution < -0.4 is 16.4 Å². The first-order chi connectivity index (χ1) is 9.67. The number of hydrogen-bond acceptors (Lipinski definition) is 4. The Bertz CT molecular complexity index is 547. The largest absolute Gasteiger partial charge is 0.444 e. The number of carbonyl (C=O) groups excluding carboxylic acids is 1. The number of nitrogens with two attached hydrogens (primary N) is 1. The molecule has 0 unspecified atom stereocenters. The molecule has 114 valence electrons. The number of halogens is 1. The monoisotopic (exact) mass is 294 g/mol. The molecule has 7 heteroatoms. The highest BCUT2D eigenvalue weighted by molar-refractivity contribution is 5.97. The van der Waals surface area contributed by atoms with Crippen LogP contribution in [0.15, 0.2) is 36.2 Å². The van der Waals surface area contributed by atoms with E-state index in [2.05, 4.69) is 10.6 Å². The van der Waals surface area contributed by atoms with E-state index in [1.165, 1.54) is 30.5 Å². The predicted octanol–water partition coefficient (Wildman–Crippen LogP) is 2.54. The van der Waals surface area contributed by atoms with E-state index in [-0.39, 0.29) is 17.3 Å². The molecule has 1 aromatic rings. The van der Waals surface area contributed by atoms with Gasteiger partial charge in [0.2, 0.25) is 0 Å². The number of benzene rings is 1. The first kappa shape index (κ1) is 16.5. The molecule has 0 aromatic heterocycles. The second-order valence-corrected chi connectivity index (χ2v) is 5.25. The molecular formula is C14H19FN4O2. The van der Waals surface area contributed by atoms with Gasteiger partial charge in [-0.25, -0.2) is 9.18 Å². The fourth-order valence-electron chi connectivity index (χ4n) is 1.30. The van der Waals surface area contributed by atoms with E-state index in [1.807, 2.05) is 0 Å². The summed E-state index contributed by atoms with van der Waals surface area (Å²) >= 11 is 0. The molecule has 1 rings (SSSR count). The molecule has 0 aliphatic rings. The van der Waals surface area contributed by atoms with Crippen LogP contribution in [0.3, 0.4) is 0 Å². The summed E-state index contributed by atoms with van der Waals surface area (Å²) < 4.78 is 17.8. The van der Waals surface area contributed by atoms with Crippen LogP contribution in [0.2, 0.25) is 0 Å². The van der Waals surface area contributed by atoms with Crippen molar-refractivity contribution in [3.63, 3.8) is 0 Å². The first-order valence-electron chi connectivity index (χ1n) is 6.24. The molecule has 21 heavy (non-hydrogen) atoms. The predicted molar refractivity (Wildman–Crippen MR) is 79.4 cm³/mol. The third-order valence-electron chi connectivity index (χ3n) is 2.15. The van der Waals surface area contributed by atoms with Crippen LogP contribution in [0.25, 0.3) is 0 Å². The van der Waals surface area contributed by atoms with Gasteiger partial charge in [-0.2, -0.15) is 0 Å². The highest BCUT2D eigenvalue weighted by Gasteiger charge is 2.17. The number of rotatable bonds is 4. The molecule has 0 saturated carbocycles. The van der Waals surface area contributed by atoms with E-state index >= 15 is 0 Å². The second kappa shape index (κ2) is 6.74. The lowest BCUT2D eigenvalue weighted by Gasteiger charge is -2.20. The molecule has 0 spiro atoms. The van der Waals surface area contributed by atoms with E-state index in [0.29, 0.717) is 5.69 Å². The van der Waals surface area contributed by atoms with Gasteiger partial charge in [0.15, 0.2) is 0 Å². The maximum atomic E-state index is 12.8. The Morgan fingerprint density at radius 3 is 2.38 bits per heavy atom. The number of anilines is 1. The number of amides is 1. The lowest BCUT2D eigenvalue weighted by atomic mass is 10.2. The fourth-order valence-corrected chi connectivity index (χ4v) is 1.30. The Hall–Kier alpha value is -2.57. The molecule has 0 fully saturated rings. The van der Waals surface area contributed by atoms with Crippen LogP contribution in [0.4, 0.5) is 14.9 Å². The van der Waals surface area contributed by atoms with E-state index in [9.17, 15) is 9.18 Å². The summed E-state index contributed by atoms with van der Waals surface area (Å²) in [5, 5.41) is 12.6. The standard InChI is InChI=1S/C14H19FN4O2/c1-14(2,3)21-13(20)19-11(12(16)17)8-18-10-6-4-9(15)5-7-10/h4-8,18H,1-3H3,(H3,16,17)(H,19,20)/b11-8+. The van der Waals surface area contributed by atoms with E-state index in [0.717, 1.165) is 0 Å². The Labute approximate surface area is 122 Å². The van der Waals surface area contributed by atoms with Gasteiger partial charge in [-0.15, -0.1) is 0 Å². The summed E-state index contributed by atoms with van der Waals surface area (Å²) in [6, 6.07) is 5.59. The molecule has 0 saturated heterocycles. The quantitative estimate of drug-likeness (QED) is 0.506. The van der Waals surface area contributed by atoms with Crippen LogP contribution in [0.5, 0.6) is 0 Å². The number of alkyl carbamates (subject to hydrolysis) is 1. The zero-order valence-corrected chi connectivity index (χ0v) is 12.2. The van der Waals surface area contributed by atoms with Crippen LogP contribution in [-0.2, 0) is 4.74 Å². The summed E-state index contributed by atoms with van der Waals surface area (Å²) in [6.45, 7) is 5.17. The SMILES string of the molecule is CC(C)(C)OC(=O)N/C(=C/Nc1ccc(F)cc1)C(=N)N. The Kier molecular flexibility index (Phi) is 5.29. The summed E-state index contributed by atoms with van der Waals surface area (Å²) in [4.78, 5) is 11.6. The summed E-state index contributed by atoms with van der Waals surface area (Å²) in [6.07, 6.45) is 0.615. The van der Waals surface area contributed by atoms with Gasteiger partial charge < -0.3 is 15.8 Å². The zero-order valence-electron chi connectivity index (χ0n) is 12.2. The summed E-state index contributed by atoms with van der Waals surface area (Å²) in [5.74, 6) is -0.696. The third kappa shape index (κ3) is 6.42.